The standard InChI is InChI=1S/C13H20OSi/c1-15(2,3)13(14,12-9-10-12)11-7-5-4-6-8-11/h4-8,12,14H,9-10H2,1-3H3. The summed E-state index contributed by atoms with van der Waals surface area (Å²) in [7, 11) is -1.60. The molecule has 1 aliphatic carbocycles. The van der Waals surface area contributed by atoms with Gasteiger partial charge in [-0.2, -0.15) is 0 Å². The molecule has 82 valence electrons. The molecule has 0 spiro atoms. The highest BCUT2D eigenvalue weighted by molar-refractivity contribution is 6.78. The Bertz CT molecular complexity index is 337. The molecular weight excluding hydrogens is 200 g/mol. The first kappa shape index (κ1) is 10.9. The van der Waals surface area contributed by atoms with Gasteiger partial charge in [0.05, 0.1) is 13.3 Å². The van der Waals surface area contributed by atoms with Crippen LogP contribution in [0.15, 0.2) is 30.3 Å². The maximum Gasteiger partial charge on any atom is 0.0881 e. The molecule has 0 saturated heterocycles. The van der Waals surface area contributed by atoms with E-state index in [1.165, 1.54) is 12.8 Å². The molecular formula is C13H20OSi. The molecule has 15 heavy (non-hydrogen) atoms. The smallest absolute Gasteiger partial charge is 0.0881 e. The number of hydrogen-bond acceptors (Lipinski definition) is 1. The lowest BCUT2D eigenvalue weighted by Gasteiger charge is -2.40. The predicted octanol–water partition coefficient (Wildman–Crippen LogP) is 3.16. The Labute approximate surface area is 93.2 Å². The lowest BCUT2D eigenvalue weighted by atomic mass is 10.0. The zero-order valence-electron chi connectivity index (χ0n) is 9.83. The van der Waals surface area contributed by atoms with Crippen LogP contribution in [0.4, 0.5) is 0 Å². The van der Waals surface area contributed by atoms with Gasteiger partial charge in [-0.15, -0.1) is 0 Å². The Balaban J connectivity index is 2.44. The molecule has 1 aromatic rings. The van der Waals surface area contributed by atoms with Crippen molar-refractivity contribution in [3.63, 3.8) is 0 Å². The van der Waals surface area contributed by atoms with E-state index in [1.807, 2.05) is 18.2 Å². The number of benzene rings is 1. The molecule has 1 aliphatic rings. The number of rotatable bonds is 3. The molecule has 0 bridgehead atoms. The van der Waals surface area contributed by atoms with Gasteiger partial charge in [0.1, 0.15) is 0 Å². The normalized spacial score (nSPS) is 21.1. The summed E-state index contributed by atoms with van der Waals surface area (Å²) in [6.07, 6.45) is 2.38. The highest BCUT2D eigenvalue weighted by Crippen LogP contribution is 2.50. The van der Waals surface area contributed by atoms with Crippen LogP contribution in [0.25, 0.3) is 0 Å². The van der Waals surface area contributed by atoms with Gasteiger partial charge >= 0.3 is 0 Å². The molecule has 0 aliphatic heterocycles. The van der Waals surface area contributed by atoms with Crippen LogP contribution < -0.4 is 0 Å². The Morgan fingerprint density at radius 2 is 1.67 bits per heavy atom. The van der Waals surface area contributed by atoms with Crippen molar-refractivity contribution in [1.82, 2.24) is 0 Å². The van der Waals surface area contributed by atoms with E-state index in [9.17, 15) is 5.11 Å². The van der Waals surface area contributed by atoms with Gasteiger partial charge < -0.3 is 5.11 Å². The average molecular weight is 220 g/mol. The van der Waals surface area contributed by atoms with E-state index in [1.54, 1.807) is 0 Å². The van der Waals surface area contributed by atoms with Crippen LogP contribution in [0.1, 0.15) is 18.4 Å². The second-order valence-electron chi connectivity index (χ2n) is 5.66. The van der Waals surface area contributed by atoms with Crippen LogP contribution in [0.5, 0.6) is 0 Å². The van der Waals surface area contributed by atoms with E-state index in [-0.39, 0.29) is 0 Å². The second kappa shape index (κ2) is 3.46. The van der Waals surface area contributed by atoms with Gasteiger partial charge in [-0.05, 0) is 24.3 Å². The van der Waals surface area contributed by atoms with Crippen molar-refractivity contribution in [2.45, 2.75) is 37.7 Å². The summed E-state index contributed by atoms with van der Waals surface area (Å²) >= 11 is 0. The van der Waals surface area contributed by atoms with Gasteiger partial charge in [0.15, 0.2) is 0 Å². The Hall–Kier alpha value is -0.603. The summed E-state index contributed by atoms with van der Waals surface area (Å²) in [5.41, 5.74) is 1.13. The molecule has 1 atom stereocenters. The van der Waals surface area contributed by atoms with Crippen LogP contribution in [0.3, 0.4) is 0 Å². The zero-order chi connectivity index (χ0) is 11.1. The van der Waals surface area contributed by atoms with Gasteiger partial charge in [-0.3, -0.25) is 0 Å². The van der Waals surface area contributed by atoms with E-state index in [4.69, 9.17) is 0 Å². The van der Waals surface area contributed by atoms with Crippen LogP contribution in [0, 0.1) is 5.92 Å². The molecule has 1 aromatic carbocycles. The van der Waals surface area contributed by atoms with Crippen LogP contribution >= 0.6 is 0 Å². The summed E-state index contributed by atoms with van der Waals surface area (Å²) in [5.74, 6) is 0.506. The van der Waals surface area contributed by atoms with Crippen LogP contribution in [-0.2, 0) is 5.22 Å². The molecule has 1 unspecified atom stereocenters. The largest absolute Gasteiger partial charge is 0.389 e. The maximum absolute atomic E-state index is 11.0. The van der Waals surface area contributed by atoms with Crippen molar-refractivity contribution in [3.05, 3.63) is 35.9 Å². The van der Waals surface area contributed by atoms with Gasteiger partial charge in [-0.25, -0.2) is 0 Å². The Kier molecular flexibility index (Phi) is 2.51. The quantitative estimate of drug-likeness (QED) is 0.776. The fraction of sp³-hybridized carbons (Fsp3) is 0.538. The Morgan fingerprint density at radius 3 is 2.07 bits per heavy atom. The topological polar surface area (TPSA) is 20.2 Å². The van der Waals surface area contributed by atoms with Gasteiger partial charge in [0, 0.05) is 0 Å². The number of aliphatic hydroxyl groups is 1. The SMILES string of the molecule is C[Si](C)(C)C(O)(c1ccccc1)C1CC1. The molecule has 1 nitrogen and oxygen atoms in total. The van der Waals surface area contributed by atoms with Crippen molar-refractivity contribution < 1.29 is 5.11 Å². The summed E-state index contributed by atoms with van der Waals surface area (Å²) in [5, 5.41) is 10.5. The summed E-state index contributed by atoms with van der Waals surface area (Å²) in [6.45, 7) is 6.79. The molecule has 0 radical (unpaired) electrons. The minimum atomic E-state index is -1.60. The first-order valence-electron chi connectivity index (χ1n) is 5.74. The second-order valence-corrected chi connectivity index (χ2v) is 10.9. The summed E-state index contributed by atoms with van der Waals surface area (Å²) in [6, 6.07) is 10.2. The van der Waals surface area contributed by atoms with E-state index in [0.717, 1.165) is 5.56 Å². The fourth-order valence-corrected chi connectivity index (χ4v) is 5.02. The van der Waals surface area contributed by atoms with Crippen molar-refractivity contribution >= 4 is 8.07 Å². The lowest BCUT2D eigenvalue weighted by Crippen LogP contribution is -2.51. The highest BCUT2D eigenvalue weighted by Gasteiger charge is 2.53. The van der Waals surface area contributed by atoms with Gasteiger partial charge in [0.25, 0.3) is 0 Å². The first-order chi connectivity index (χ1) is 6.96. The van der Waals surface area contributed by atoms with Crippen molar-refractivity contribution in [1.29, 1.82) is 0 Å². The third-order valence-corrected chi connectivity index (χ3v) is 6.51. The molecule has 0 aromatic heterocycles. The van der Waals surface area contributed by atoms with Crippen molar-refractivity contribution in [3.8, 4) is 0 Å². The monoisotopic (exact) mass is 220 g/mol. The highest BCUT2D eigenvalue weighted by atomic mass is 28.3. The lowest BCUT2D eigenvalue weighted by molar-refractivity contribution is 0.0898. The fourth-order valence-electron chi connectivity index (χ4n) is 2.47. The average Bonchev–Trinajstić information content (AvgIpc) is 2.99. The van der Waals surface area contributed by atoms with Crippen molar-refractivity contribution in [2.24, 2.45) is 5.92 Å². The van der Waals surface area contributed by atoms with E-state index >= 15 is 0 Å². The van der Waals surface area contributed by atoms with Crippen LogP contribution in [-0.4, -0.2) is 13.2 Å². The van der Waals surface area contributed by atoms with E-state index in [2.05, 4.69) is 31.8 Å². The molecule has 1 saturated carbocycles. The molecule has 2 rings (SSSR count). The van der Waals surface area contributed by atoms with E-state index in [0.29, 0.717) is 5.92 Å². The molecule has 0 heterocycles. The van der Waals surface area contributed by atoms with Crippen molar-refractivity contribution in [2.75, 3.05) is 0 Å². The Morgan fingerprint density at radius 1 is 1.13 bits per heavy atom. The van der Waals surface area contributed by atoms with Gasteiger partial charge in [0.2, 0.25) is 0 Å². The first-order valence-corrected chi connectivity index (χ1v) is 9.24. The third-order valence-electron chi connectivity index (χ3n) is 3.53. The van der Waals surface area contributed by atoms with Gasteiger partial charge in [-0.1, -0.05) is 50.0 Å². The summed E-state index contributed by atoms with van der Waals surface area (Å²) < 4.78 is 0. The minimum Gasteiger partial charge on any atom is -0.389 e. The molecule has 1 N–H and O–H groups in total. The van der Waals surface area contributed by atoms with E-state index < -0.39 is 13.3 Å². The maximum atomic E-state index is 11.0. The molecule has 2 heteroatoms. The zero-order valence-corrected chi connectivity index (χ0v) is 10.8. The molecule has 1 fully saturated rings. The van der Waals surface area contributed by atoms with Crippen LogP contribution in [0.2, 0.25) is 19.6 Å². The summed E-state index contributed by atoms with van der Waals surface area (Å²) in [4.78, 5) is 0. The predicted molar refractivity (Wildman–Crippen MR) is 66.4 cm³/mol. The third kappa shape index (κ3) is 1.77. The molecule has 0 amide bonds. The number of hydrogen-bond donors (Lipinski definition) is 1. The minimum absolute atomic E-state index is 0.506.